The number of methoxy groups -OCH3 is 1. The molecule has 4 nitrogen and oxygen atoms in total. The smallest absolute Gasteiger partial charge is 0.338 e. The number of aromatic carboxylic acids is 1. The van der Waals surface area contributed by atoms with Crippen molar-refractivity contribution in [3.63, 3.8) is 0 Å². The molecule has 0 spiro atoms. The van der Waals surface area contributed by atoms with Gasteiger partial charge in [-0.25, -0.2) is 9.59 Å². The number of benzene rings is 2. The van der Waals surface area contributed by atoms with Crippen molar-refractivity contribution >= 4 is 57.1 Å². The van der Waals surface area contributed by atoms with Crippen LogP contribution in [0.15, 0.2) is 36.4 Å². The topological polar surface area (TPSA) is 63.6 Å². The van der Waals surface area contributed by atoms with Gasteiger partial charge in [-0.2, -0.15) is 0 Å². The first-order valence-corrected chi connectivity index (χ1v) is 8.01. The molecule has 0 amide bonds. The van der Waals surface area contributed by atoms with E-state index in [9.17, 15) is 14.7 Å². The number of carbonyl (C=O) groups is 2. The molecule has 0 aliphatic carbocycles. The molecule has 0 unspecified atom stereocenters. The number of ether oxygens (including phenoxy) is 1. The van der Waals surface area contributed by atoms with Crippen molar-refractivity contribution in [3.05, 3.63) is 54.7 Å². The molecule has 2 aromatic carbocycles. The Balaban J connectivity index is 2.73. The van der Waals surface area contributed by atoms with E-state index in [1.807, 2.05) is 6.07 Å². The second-order valence-electron chi connectivity index (χ2n) is 4.18. The summed E-state index contributed by atoms with van der Waals surface area (Å²) in [6.07, 6.45) is 0. The molecule has 0 aliphatic heterocycles. The lowest BCUT2D eigenvalue weighted by molar-refractivity contribution is 0.0600. The highest BCUT2D eigenvalue weighted by Crippen LogP contribution is 2.30. The SMILES string of the molecule is COC(=O)c1cc(I)ccc1-c1ccc(I)cc1C(=O)O. The zero-order chi connectivity index (χ0) is 15.6. The van der Waals surface area contributed by atoms with E-state index < -0.39 is 11.9 Å². The van der Waals surface area contributed by atoms with E-state index >= 15 is 0 Å². The predicted octanol–water partition coefficient (Wildman–Crippen LogP) is 4.05. The largest absolute Gasteiger partial charge is 0.478 e. The van der Waals surface area contributed by atoms with Crippen LogP contribution in [0.4, 0.5) is 0 Å². The van der Waals surface area contributed by atoms with Crippen molar-refractivity contribution in [1.29, 1.82) is 0 Å². The van der Waals surface area contributed by atoms with E-state index in [0.717, 1.165) is 7.14 Å². The van der Waals surface area contributed by atoms with Crippen LogP contribution in [0.3, 0.4) is 0 Å². The number of hydrogen-bond donors (Lipinski definition) is 1. The molecule has 21 heavy (non-hydrogen) atoms. The lowest BCUT2D eigenvalue weighted by Gasteiger charge is -2.12. The molecule has 0 radical (unpaired) electrons. The molecule has 2 rings (SSSR count). The Morgan fingerprint density at radius 2 is 1.43 bits per heavy atom. The third-order valence-electron chi connectivity index (χ3n) is 2.89. The van der Waals surface area contributed by atoms with E-state index in [1.165, 1.54) is 7.11 Å². The molecule has 0 saturated heterocycles. The van der Waals surface area contributed by atoms with Crippen molar-refractivity contribution in [2.45, 2.75) is 0 Å². The molecular weight excluding hydrogens is 498 g/mol. The van der Waals surface area contributed by atoms with Gasteiger partial charge < -0.3 is 9.84 Å². The molecule has 0 aromatic heterocycles. The van der Waals surface area contributed by atoms with Gasteiger partial charge in [-0.3, -0.25) is 0 Å². The number of rotatable bonds is 3. The molecule has 1 N–H and O–H groups in total. The van der Waals surface area contributed by atoms with Gasteiger partial charge in [0.05, 0.1) is 18.2 Å². The summed E-state index contributed by atoms with van der Waals surface area (Å²) in [6, 6.07) is 10.3. The standard InChI is InChI=1S/C15H10I2O4/c1-21-15(20)13-7-9(17)3-5-11(13)10-4-2-8(16)6-12(10)14(18)19/h2-7H,1H3,(H,18,19). The average molecular weight is 508 g/mol. The normalized spacial score (nSPS) is 10.2. The molecule has 0 atom stereocenters. The number of halogens is 2. The highest BCUT2D eigenvalue weighted by atomic mass is 127. The third kappa shape index (κ3) is 3.54. The number of carboxylic acids is 1. The molecule has 0 bridgehead atoms. The number of carbonyl (C=O) groups excluding carboxylic acids is 1. The number of carboxylic acid groups (broad SMARTS) is 1. The van der Waals surface area contributed by atoms with E-state index in [4.69, 9.17) is 4.74 Å². The van der Waals surface area contributed by atoms with Gasteiger partial charge in [0.15, 0.2) is 0 Å². The van der Waals surface area contributed by atoms with Crippen LogP contribution >= 0.6 is 45.2 Å². The maximum absolute atomic E-state index is 11.9. The summed E-state index contributed by atoms with van der Waals surface area (Å²) in [5.74, 6) is -1.52. The van der Waals surface area contributed by atoms with Crippen molar-refractivity contribution in [2.75, 3.05) is 7.11 Å². The molecule has 6 heteroatoms. The van der Waals surface area contributed by atoms with Crippen LogP contribution in [0.1, 0.15) is 20.7 Å². The molecule has 0 aliphatic rings. The molecular formula is C15H10I2O4. The van der Waals surface area contributed by atoms with Crippen molar-refractivity contribution in [3.8, 4) is 11.1 Å². The zero-order valence-corrected chi connectivity index (χ0v) is 15.2. The first kappa shape index (κ1) is 16.2. The predicted molar refractivity (Wildman–Crippen MR) is 95.6 cm³/mol. The monoisotopic (exact) mass is 508 g/mol. The summed E-state index contributed by atoms with van der Waals surface area (Å²) >= 11 is 4.15. The maximum Gasteiger partial charge on any atom is 0.338 e. The molecule has 108 valence electrons. The number of esters is 1. The van der Waals surface area contributed by atoms with E-state index in [1.54, 1.807) is 30.3 Å². The summed E-state index contributed by atoms with van der Waals surface area (Å²) in [5.41, 5.74) is 1.57. The Kier molecular flexibility index (Phi) is 5.20. The fraction of sp³-hybridized carbons (Fsp3) is 0.0667. The van der Waals surface area contributed by atoms with E-state index in [0.29, 0.717) is 16.7 Å². The summed E-state index contributed by atoms with van der Waals surface area (Å²) < 4.78 is 6.48. The van der Waals surface area contributed by atoms with E-state index in [-0.39, 0.29) is 5.56 Å². The van der Waals surface area contributed by atoms with Gasteiger partial charge in [0, 0.05) is 7.14 Å². The zero-order valence-electron chi connectivity index (χ0n) is 10.9. The fourth-order valence-corrected chi connectivity index (χ4v) is 2.94. The molecule has 0 fully saturated rings. The quantitative estimate of drug-likeness (QED) is 0.503. The minimum Gasteiger partial charge on any atom is -0.478 e. The summed E-state index contributed by atoms with van der Waals surface area (Å²) in [4.78, 5) is 23.4. The van der Waals surface area contributed by atoms with Gasteiger partial charge in [0.1, 0.15) is 0 Å². The van der Waals surface area contributed by atoms with Gasteiger partial charge in [-0.15, -0.1) is 0 Å². The van der Waals surface area contributed by atoms with Crippen molar-refractivity contribution < 1.29 is 19.4 Å². The van der Waals surface area contributed by atoms with Gasteiger partial charge in [-0.05, 0) is 80.6 Å². The Labute approximate surface area is 148 Å². The average Bonchev–Trinajstić information content (AvgIpc) is 2.46. The molecule has 0 saturated carbocycles. The fourth-order valence-electron chi connectivity index (χ4n) is 1.96. The van der Waals surface area contributed by atoms with E-state index in [2.05, 4.69) is 45.2 Å². The Bertz CT molecular complexity index is 726. The highest BCUT2D eigenvalue weighted by Gasteiger charge is 2.19. The Morgan fingerprint density at radius 3 is 1.90 bits per heavy atom. The third-order valence-corrected chi connectivity index (χ3v) is 4.23. The Morgan fingerprint density at radius 1 is 0.952 bits per heavy atom. The van der Waals surface area contributed by atoms with Gasteiger partial charge in [0.2, 0.25) is 0 Å². The lowest BCUT2D eigenvalue weighted by atomic mass is 9.95. The first-order valence-electron chi connectivity index (χ1n) is 5.85. The van der Waals surface area contributed by atoms with Crippen LogP contribution in [-0.4, -0.2) is 24.2 Å². The maximum atomic E-state index is 11.9. The highest BCUT2D eigenvalue weighted by molar-refractivity contribution is 14.1. The molecule has 2 aromatic rings. The van der Waals surface area contributed by atoms with Crippen LogP contribution < -0.4 is 0 Å². The minimum absolute atomic E-state index is 0.160. The van der Waals surface area contributed by atoms with Crippen LogP contribution in [-0.2, 0) is 4.74 Å². The number of hydrogen-bond acceptors (Lipinski definition) is 3. The second-order valence-corrected chi connectivity index (χ2v) is 6.67. The van der Waals surface area contributed by atoms with Gasteiger partial charge in [0.25, 0.3) is 0 Å². The second kappa shape index (κ2) is 6.73. The van der Waals surface area contributed by atoms with Crippen LogP contribution in [0.25, 0.3) is 11.1 Å². The van der Waals surface area contributed by atoms with Crippen LogP contribution in [0.2, 0.25) is 0 Å². The van der Waals surface area contributed by atoms with Crippen LogP contribution in [0.5, 0.6) is 0 Å². The summed E-state index contributed by atoms with van der Waals surface area (Å²) in [7, 11) is 1.30. The molecule has 0 heterocycles. The summed E-state index contributed by atoms with van der Waals surface area (Å²) in [5, 5.41) is 9.37. The minimum atomic E-state index is -1.03. The first-order chi connectivity index (χ1) is 9.93. The van der Waals surface area contributed by atoms with Crippen molar-refractivity contribution in [1.82, 2.24) is 0 Å². The van der Waals surface area contributed by atoms with Gasteiger partial charge >= 0.3 is 11.9 Å². The van der Waals surface area contributed by atoms with Gasteiger partial charge in [-0.1, -0.05) is 12.1 Å². The summed E-state index contributed by atoms with van der Waals surface area (Å²) in [6.45, 7) is 0. The lowest BCUT2D eigenvalue weighted by Crippen LogP contribution is -2.07. The van der Waals surface area contributed by atoms with Crippen LogP contribution in [0, 0.1) is 7.14 Å². The van der Waals surface area contributed by atoms with Crippen molar-refractivity contribution in [2.24, 2.45) is 0 Å². The Hall–Kier alpha value is -1.16.